The molecule has 4 rings (SSSR count). The first-order chi connectivity index (χ1) is 40.9. The van der Waals surface area contributed by atoms with Crippen molar-refractivity contribution in [1.29, 1.82) is 0 Å². The fourth-order valence-corrected chi connectivity index (χ4v) is 14.6. The Balaban J connectivity index is 0.000000573. The van der Waals surface area contributed by atoms with Crippen LogP contribution in [-0.4, -0.2) is 63.7 Å². The molecule has 4 aromatic rings. The summed E-state index contributed by atoms with van der Waals surface area (Å²) in [7, 11) is -9.08. The molecule has 0 spiro atoms. The second-order valence-electron chi connectivity index (χ2n) is 25.7. The van der Waals surface area contributed by atoms with Crippen LogP contribution in [-0.2, 0) is 45.9 Å². The number of unbranched alkanes of at least 4 members (excludes halogenated alkanes) is 44. The standard InChI is InChI=1S/2C38H64O3S.Ca/c2*1-3-5-7-9-11-13-15-17-19-21-23-25-27-34-29-30-35-31-32-36(38(37(35)33-34)42(39,40)41)28-26-24-22-20-18-16-14-12-10-8-6-4-2;/h2*29-33H,3-28H2,1-2H3,(H,39,40,41);/q;;+2/p-2. The molecule has 0 saturated carbocycles. The number of hydrogen-bond acceptors (Lipinski definition) is 6. The molecule has 0 bridgehead atoms. The van der Waals surface area contributed by atoms with Gasteiger partial charge in [0, 0.05) is 0 Å². The molecule has 480 valence electrons. The molecule has 0 aliphatic heterocycles. The average Bonchev–Trinajstić information content (AvgIpc) is 1.52. The van der Waals surface area contributed by atoms with E-state index in [1.165, 1.54) is 270 Å². The van der Waals surface area contributed by atoms with Gasteiger partial charge in [-0.15, -0.1) is 0 Å². The van der Waals surface area contributed by atoms with Crippen LogP contribution in [0.15, 0.2) is 70.5 Å². The molecule has 0 atom stereocenters. The van der Waals surface area contributed by atoms with E-state index in [1.54, 1.807) is 0 Å². The van der Waals surface area contributed by atoms with Gasteiger partial charge in [-0.2, -0.15) is 0 Å². The summed E-state index contributed by atoms with van der Waals surface area (Å²) < 4.78 is 74.5. The van der Waals surface area contributed by atoms with Crippen LogP contribution in [0.4, 0.5) is 0 Å². The normalized spacial score (nSPS) is 11.8. The molecule has 6 nitrogen and oxygen atoms in total. The summed E-state index contributed by atoms with van der Waals surface area (Å²) in [5.74, 6) is 0. The minimum atomic E-state index is -4.54. The van der Waals surface area contributed by atoms with Gasteiger partial charge >= 0.3 is 37.7 Å². The van der Waals surface area contributed by atoms with Gasteiger partial charge in [0.15, 0.2) is 0 Å². The topological polar surface area (TPSA) is 114 Å². The van der Waals surface area contributed by atoms with Gasteiger partial charge in [-0.1, -0.05) is 359 Å². The van der Waals surface area contributed by atoms with Crippen LogP contribution in [0.5, 0.6) is 0 Å². The van der Waals surface area contributed by atoms with Gasteiger partial charge in [-0.25, -0.2) is 16.8 Å². The van der Waals surface area contributed by atoms with Crippen molar-refractivity contribution in [1.82, 2.24) is 0 Å². The SMILES string of the molecule is CCCCCCCCCCCCCCc1ccc2ccc(CCCCCCCCCCCCCC)c(S(=O)(=O)[O-])c2c1.CCCCCCCCCCCCCCc1ccc2ccc(CCCCCCCCCCCCCC)c(S(=O)(=O)[O-])c2c1.[Ca+2]. The summed E-state index contributed by atoms with van der Waals surface area (Å²) in [6, 6.07) is 19.9. The second-order valence-corrected chi connectivity index (χ2v) is 28.3. The Morgan fingerprint density at radius 1 is 0.259 bits per heavy atom. The van der Waals surface area contributed by atoms with E-state index < -0.39 is 20.2 Å². The summed E-state index contributed by atoms with van der Waals surface area (Å²) in [5, 5.41) is 2.94. The number of benzene rings is 4. The molecule has 0 aromatic heterocycles. The summed E-state index contributed by atoms with van der Waals surface area (Å²) in [6.07, 6.45) is 65.5. The smallest absolute Gasteiger partial charge is 0.744 e. The molecule has 0 fully saturated rings. The maximum Gasteiger partial charge on any atom is 2.00 e. The van der Waals surface area contributed by atoms with Gasteiger partial charge in [0.25, 0.3) is 0 Å². The molecule has 9 heteroatoms. The first kappa shape index (κ1) is 79.6. The number of hydrogen-bond donors (Lipinski definition) is 0. The molecular weight excluding hydrogens is 1110 g/mol. The maximum atomic E-state index is 12.4. The van der Waals surface area contributed by atoms with Crippen molar-refractivity contribution in [2.45, 2.75) is 371 Å². The largest absolute Gasteiger partial charge is 2.00 e. The van der Waals surface area contributed by atoms with Crippen LogP contribution >= 0.6 is 0 Å². The molecule has 4 aromatic carbocycles. The molecule has 0 aliphatic carbocycles. The van der Waals surface area contributed by atoms with E-state index in [0.29, 0.717) is 34.7 Å². The third kappa shape index (κ3) is 38.1. The third-order valence-corrected chi connectivity index (χ3v) is 19.9. The van der Waals surface area contributed by atoms with Crippen molar-refractivity contribution >= 4 is 79.5 Å². The molecule has 0 heterocycles. The quantitative estimate of drug-likeness (QED) is 0.0247. The Morgan fingerprint density at radius 2 is 0.447 bits per heavy atom. The van der Waals surface area contributed by atoms with Crippen LogP contribution in [0, 0.1) is 0 Å². The van der Waals surface area contributed by atoms with Gasteiger partial charge < -0.3 is 9.11 Å². The Morgan fingerprint density at radius 3 is 0.659 bits per heavy atom. The van der Waals surface area contributed by atoms with Gasteiger partial charge in [-0.3, -0.25) is 0 Å². The zero-order chi connectivity index (χ0) is 60.6. The fraction of sp³-hybridized carbons (Fsp3) is 0.737. The van der Waals surface area contributed by atoms with Crippen molar-refractivity contribution in [3.05, 3.63) is 82.9 Å². The second kappa shape index (κ2) is 52.1. The molecule has 85 heavy (non-hydrogen) atoms. The van der Waals surface area contributed by atoms with E-state index in [1.807, 2.05) is 48.5 Å². The molecule has 0 saturated heterocycles. The van der Waals surface area contributed by atoms with Gasteiger partial charge in [-0.05, 0) is 107 Å². The minimum absolute atomic E-state index is 0. The predicted molar refractivity (Wildman–Crippen MR) is 369 cm³/mol. The van der Waals surface area contributed by atoms with Crippen molar-refractivity contribution in [2.75, 3.05) is 0 Å². The number of aryl methyl sites for hydroxylation is 4. The van der Waals surface area contributed by atoms with E-state index in [9.17, 15) is 25.9 Å². The Bertz CT molecular complexity index is 2290. The van der Waals surface area contributed by atoms with E-state index in [2.05, 4.69) is 39.8 Å². The van der Waals surface area contributed by atoms with E-state index in [4.69, 9.17) is 0 Å². The van der Waals surface area contributed by atoms with E-state index in [0.717, 1.165) is 73.3 Å². The van der Waals surface area contributed by atoms with Gasteiger partial charge in [0.1, 0.15) is 20.2 Å². The van der Waals surface area contributed by atoms with Crippen molar-refractivity contribution in [3.8, 4) is 0 Å². The predicted octanol–water partition coefficient (Wildman–Crippen LogP) is 24.1. The van der Waals surface area contributed by atoms with Crippen LogP contribution in [0.1, 0.15) is 358 Å². The van der Waals surface area contributed by atoms with Crippen molar-refractivity contribution in [2.24, 2.45) is 0 Å². The van der Waals surface area contributed by atoms with Crippen LogP contribution in [0.2, 0.25) is 0 Å². The van der Waals surface area contributed by atoms with Crippen molar-refractivity contribution < 1.29 is 25.9 Å². The monoisotopic (exact) mass is 1240 g/mol. The third-order valence-electron chi connectivity index (χ3n) is 18.0. The van der Waals surface area contributed by atoms with E-state index >= 15 is 0 Å². The number of fused-ring (bicyclic) bond motifs is 2. The van der Waals surface area contributed by atoms with Crippen LogP contribution in [0.25, 0.3) is 21.5 Å². The molecule has 0 amide bonds. The Kier molecular flexibility index (Phi) is 48.8. The van der Waals surface area contributed by atoms with Crippen LogP contribution < -0.4 is 0 Å². The summed E-state index contributed by atoms with van der Waals surface area (Å²) in [6.45, 7) is 9.06. The average molecular weight is 1240 g/mol. The molecule has 0 unspecified atom stereocenters. The first-order valence-electron chi connectivity index (χ1n) is 35.9. The first-order valence-corrected chi connectivity index (χ1v) is 38.8. The minimum Gasteiger partial charge on any atom is -0.744 e. The molecule has 0 N–H and O–H groups in total. The molecular formula is C76H126CaO6S2. The zero-order valence-electron chi connectivity index (χ0n) is 55.5. The molecule has 0 aliphatic rings. The zero-order valence-corrected chi connectivity index (χ0v) is 59.4. The number of rotatable bonds is 54. The maximum absolute atomic E-state index is 12.4. The Hall–Kier alpha value is -1.52. The van der Waals surface area contributed by atoms with Gasteiger partial charge in [0.05, 0.1) is 9.79 Å². The molecule has 0 radical (unpaired) electrons. The Labute approximate surface area is 555 Å². The summed E-state index contributed by atoms with van der Waals surface area (Å²) in [4.78, 5) is 0.0548. The summed E-state index contributed by atoms with van der Waals surface area (Å²) in [5.41, 5.74) is 3.68. The van der Waals surface area contributed by atoms with Gasteiger partial charge in [0.2, 0.25) is 0 Å². The van der Waals surface area contributed by atoms with Crippen LogP contribution in [0.3, 0.4) is 0 Å². The van der Waals surface area contributed by atoms with E-state index in [-0.39, 0.29) is 47.5 Å². The van der Waals surface area contributed by atoms with Crippen molar-refractivity contribution in [3.63, 3.8) is 0 Å². The fourth-order valence-electron chi connectivity index (χ4n) is 12.7. The summed E-state index contributed by atoms with van der Waals surface area (Å²) >= 11 is 0.